The Balaban J connectivity index is 1.82. The minimum atomic E-state index is -0.00569. The Hall–Kier alpha value is -1.99. The van der Waals surface area contributed by atoms with E-state index in [2.05, 4.69) is 15.0 Å². The predicted octanol–water partition coefficient (Wildman–Crippen LogP) is -0.0394. The zero-order valence-electron chi connectivity index (χ0n) is 11.0. The molecule has 4 rings (SSSR count). The van der Waals surface area contributed by atoms with Crippen LogP contribution < -0.4 is 5.01 Å². The summed E-state index contributed by atoms with van der Waals surface area (Å²) in [6.45, 7) is 4.20. The first-order valence-electron chi connectivity index (χ1n) is 6.80. The number of anilines is 1. The SMILES string of the molecule is O=C1c2cccnc2N(N2CCOCC2)C2=NCCN12. The molecule has 0 spiro atoms. The smallest absolute Gasteiger partial charge is 0.264 e. The number of aliphatic imine (C=N–C) groups is 1. The largest absolute Gasteiger partial charge is 0.379 e. The lowest BCUT2D eigenvalue weighted by atomic mass is 10.2. The van der Waals surface area contributed by atoms with Gasteiger partial charge in [0.25, 0.3) is 5.91 Å². The first-order valence-corrected chi connectivity index (χ1v) is 6.80. The Labute approximate surface area is 116 Å². The van der Waals surface area contributed by atoms with Crippen molar-refractivity contribution in [2.45, 2.75) is 0 Å². The van der Waals surface area contributed by atoms with E-state index in [0.717, 1.165) is 13.1 Å². The van der Waals surface area contributed by atoms with Crippen molar-refractivity contribution in [2.75, 3.05) is 44.4 Å². The molecule has 1 amide bonds. The number of hydrogen-bond donors (Lipinski definition) is 0. The summed E-state index contributed by atoms with van der Waals surface area (Å²) in [5.74, 6) is 1.37. The molecule has 1 aromatic heterocycles. The molecule has 0 radical (unpaired) electrons. The zero-order valence-corrected chi connectivity index (χ0v) is 11.0. The molecule has 0 N–H and O–H groups in total. The van der Waals surface area contributed by atoms with Gasteiger partial charge < -0.3 is 4.74 Å². The van der Waals surface area contributed by atoms with Crippen molar-refractivity contribution in [1.29, 1.82) is 0 Å². The fourth-order valence-electron chi connectivity index (χ4n) is 2.80. The second-order valence-electron chi connectivity index (χ2n) is 4.89. The van der Waals surface area contributed by atoms with Crippen molar-refractivity contribution in [3.8, 4) is 0 Å². The van der Waals surface area contributed by atoms with Gasteiger partial charge in [-0.15, -0.1) is 0 Å². The number of amides is 1. The number of aromatic nitrogens is 1. The molecule has 7 heteroatoms. The van der Waals surface area contributed by atoms with Crippen LogP contribution in [0.4, 0.5) is 5.82 Å². The van der Waals surface area contributed by atoms with Crippen LogP contribution in [-0.2, 0) is 4.74 Å². The molecule has 7 nitrogen and oxygen atoms in total. The summed E-state index contributed by atoms with van der Waals surface area (Å²) < 4.78 is 5.40. The molecule has 104 valence electrons. The van der Waals surface area contributed by atoms with E-state index < -0.39 is 0 Å². The highest BCUT2D eigenvalue weighted by Gasteiger charge is 2.41. The van der Waals surface area contributed by atoms with Crippen LogP contribution in [0.3, 0.4) is 0 Å². The second-order valence-corrected chi connectivity index (χ2v) is 4.89. The normalized spacial score (nSPS) is 22.6. The molecule has 1 aromatic rings. The van der Waals surface area contributed by atoms with E-state index in [0.29, 0.717) is 43.6 Å². The maximum atomic E-state index is 12.5. The van der Waals surface area contributed by atoms with Crippen molar-refractivity contribution in [3.05, 3.63) is 23.9 Å². The van der Waals surface area contributed by atoms with Crippen LogP contribution in [0.2, 0.25) is 0 Å². The molecular weight excluding hydrogens is 258 g/mol. The molecule has 4 heterocycles. The number of hydrogen-bond acceptors (Lipinski definition) is 6. The van der Waals surface area contributed by atoms with Gasteiger partial charge in [-0.05, 0) is 12.1 Å². The number of nitrogens with zero attached hydrogens (tertiary/aromatic N) is 5. The van der Waals surface area contributed by atoms with Gasteiger partial charge in [-0.1, -0.05) is 0 Å². The Morgan fingerprint density at radius 1 is 1.20 bits per heavy atom. The maximum Gasteiger partial charge on any atom is 0.264 e. The van der Waals surface area contributed by atoms with Crippen molar-refractivity contribution in [2.24, 2.45) is 4.99 Å². The molecule has 1 saturated heterocycles. The standard InChI is InChI=1S/C13H15N5O2/c19-12-10-2-1-3-14-11(10)18(13-15-4-5-17(12)13)16-6-8-20-9-7-16/h1-3H,4-9H2. The van der Waals surface area contributed by atoms with Gasteiger partial charge in [0, 0.05) is 25.8 Å². The van der Waals surface area contributed by atoms with Gasteiger partial charge in [-0.25, -0.2) is 20.0 Å². The number of carbonyl (C=O) groups excluding carboxylic acids is 1. The van der Waals surface area contributed by atoms with Gasteiger partial charge in [0.1, 0.15) is 0 Å². The van der Waals surface area contributed by atoms with Crippen LogP contribution in [0.15, 0.2) is 23.3 Å². The topological polar surface area (TPSA) is 61.3 Å². The highest BCUT2D eigenvalue weighted by atomic mass is 16.5. The molecule has 3 aliphatic heterocycles. The highest BCUT2D eigenvalue weighted by molar-refractivity contribution is 6.18. The summed E-state index contributed by atoms with van der Waals surface area (Å²) in [7, 11) is 0. The zero-order chi connectivity index (χ0) is 13.5. The quantitative estimate of drug-likeness (QED) is 0.718. The molecule has 0 aliphatic carbocycles. The first-order chi connectivity index (χ1) is 9.86. The third-order valence-electron chi connectivity index (χ3n) is 3.74. The molecule has 0 aromatic carbocycles. The van der Waals surface area contributed by atoms with E-state index in [1.165, 1.54) is 0 Å². The molecule has 20 heavy (non-hydrogen) atoms. The second kappa shape index (κ2) is 4.53. The van der Waals surface area contributed by atoms with Crippen LogP contribution in [0.25, 0.3) is 0 Å². The average molecular weight is 273 g/mol. The van der Waals surface area contributed by atoms with E-state index in [4.69, 9.17) is 4.74 Å². The number of morpholine rings is 1. The summed E-state index contributed by atoms with van der Waals surface area (Å²) in [6.07, 6.45) is 1.71. The van der Waals surface area contributed by atoms with Crippen molar-refractivity contribution >= 4 is 17.7 Å². The predicted molar refractivity (Wildman–Crippen MR) is 72.4 cm³/mol. The number of rotatable bonds is 1. The lowest BCUT2D eigenvalue weighted by molar-refractivity contribution is 0.0369. The van der Waals surface area contributed by atoms with E-state index in [1.807, 2.05) is 11.1 Å². The molecule has 3 aliphatic rings. The molecule has 0 saturated carbocycles. The van der Waals surface area contributed by atoms with Gasteiger partial charge >= 0.3 is 0 Å². The number of guanidine groups is 1. The van der Waals surface area contributed by atoms with Gasteiger partial charge in [-0.2, -0.15) is 0 Å². The Bertz CT molecular complexity index is 582. The Morgan fingerprint density at radius 2 is 2.05 bits per heavy atom. The molecule has 0 bridgehead atoms. The summed E-state index contributed by atoms with van der Waals surface area (Å²) in [5.41, 5.74) is 0.639. The van der Waals surface area contributed by atoms with Crippen LogP contribution in [-0.4, -0.2) is 66.2 Å². The van der Waals surface area contributed by atoms with Crippen LogP contribution in [0, 0.1) is 0 Å². The average Bonchev–Trinajstić information content (AvgIpc) is 2.98. The number of carbonyl (C=O) groups is 1. The monoisotopic (exact) mass is 273 g/mol. The number of pyridine rings is 1. The van der Waals surface area contributed by atoms with Crippen LogP contribution in [0.5, 0.6) is 0 Å². The Kier molecular flexibility index (Phi) is 2.68. The minimum absolute atomic E-state index is 0.00569. The number of ether oxygens (including phenoxy) is 1. The molecule has 0 unspecified atom stereocenters. The van der Waals surface area contributed by atoms with Gasteiger partial charge in [0.2, 0.25) is 5.96 Å². The van der Waals surface area contributed by atoms with E-state index in [-0.39, 0.29) is 5.91 Å². The fraction of sp³-hybridized carbons (Fsp3) is 0.462. The summed E-state index contributed by atoms with van der Waals surface area (Å²) >= 11 is 0. The van der Waals surface area contributed by atoms with Crippen molar-refractivity contribution in [3.63, 3.8) is 0 Å². The van der Waals surface area contributed by atoms with Gasteiger partial charge in [0.05, 0.1) is 25.3 Å². The first kappa shape index (κ1) is 11.8. The third kappa shape index (κ3) is 1.63. The third-order valence-corrected chi connectivity index (χ3v) is 3.74. The summed E-state index contributed by atoms with van der Waals surface area (Å²) in [4.78, 5) is 23.1. The molecular formula is C13H15N5O2. The minimum Gasteiger partial charge on any atom is -0.379 e. The highest BCUT2D eigenvalue weighted by Crippen LogP contribution is 2.29. The maximum absolute atomic E-state index is 12.5. The van der Waals surface area contributed by atoms with E-state index >= 15 is 0 Å². The Morgan fingerprint density at radius 3 is 2.90 bits per heavy atom. The van der Waals surface area contributed by atoms with Crippen LogP contribution >= 0.6 is 0 Å². The molecule has 1 fully saturated rings. The van der Waals surface area contributed by atoms with E-state index in [9.17, 15) is 4.79 Å². The van der Waals surface area contributed by atoms with Crippen LogP contribution in [0.1, 0.15) is 10.4 Å². The lowest BCUT2D eigenvalue weighted by Gasteiger charge is -2.42. The van der Waals surface area contributed by atoms with Gasteiger partial charge in [0.15, 0.2) is 5.82 Å². The van der Waals surface area contributed by atoms with Crippen molar-refractivity contribution < 1.29 is 9.53 Å². The summed E-state index contributed by atoms with van der Waals surface area (Å²) in [6, 6.07) is 3.62. The van der Waals surface area contributed by atoms with Gasteiger partial charge in [-0.3, -0.25) is 9.69 Å². The number of hydrazine groups is 1. The number of fused-ring (bicyclic) bond motifs is 2. The van der Waals surface area contributed by atoms with Crippen molar-refractivity contribution in [1.82, 2.24) is 14.9 Å². The molecule has 0 atom stereocenters. The summed E-state index contributed by atoms with van der Waals surface area (Å²) in [5, 5.41) is 4.13. The fourth-order valence-corrected chi connectivity index (χ4v) is 2.80. The van der Waals surface area contributed by atoms with E-state index in [1.54, 1.807) is 17.2 Å². The lowest BCUT2D eigenvalue weighted by Crippen LogP contribution is -2.59.